The summed E-state index contributed by atoms with van der Waals surface area (Å²) in [6.45, 7) is 4.41. The summed E-state index contributed by atoms with van der Waals surface area (Å²) in [5.74, 6) is 4.21. The number of rotatable bonds is 8. The van der Waals surface area contributed by atoms with E-state index in [1.807, 2.05) is 0 Å². The van der Waals surface area contributed by atoms with Crippen LogP contribution in [0.15, 0.2) is 0 Å². The molecule has 0 aromatic carbocycles. The molecule has 2 unspecified atom stereocenters. The van der Waals surface area contributed by atoms with Gasteiger partial charge < -0.3 is 0 Å². The standard InChI is InChI=1S/C15H30F2N2/c1-3-5-6-12(4-2)11-14(19-18)13-7-9-15(16,17)10-8-13/h12-14,19H,3-11,18H2,1-2H3. The number of hydrogen-bond donors (Lipinski definition) is 2. The van der Waals surface area contributed by atoms with E-state index in [1.165, 1.54) is 19.3 Å². The van der Waals surface area contributed by atoms with Gasteiger partial charge in [-0.15, -0.1) is 0 Å². The van der Waals surface area contributed by atoms with Gasteiger partial charge in [-0.25, -0.2) is 8.78 Å². The van der Waals surface area contributed by atoms with Gasteiger partial charge in [0.2, 0.25) is 5.92 Å². The summed E-state index contributed by atoms with van der Waals surface area (Å²) in [4.78, 5) is 0. The van der Waals surface area contributed by atoms with Gasteiger partial charge in [0.1, 0.15) is 0 Å². The first-order valence-electron chi connectivity index (χ1n) is 7.86. The average Bonchev–Trinajstić information content (AvgIpc) is 2.40. The molecule has 114 valence electrons. The van der Waals surface area contributed by atoms with Crippen molar-refractivity contribution in [1.29, 1.82) is 0 Å². The zero-order valence-electron chi connectivity index (χ0n) is 12.4. The number of nitrogens with two attached hydrogens (primary N) is 1. The molecule has 0 amide bonds. The second kappa shape index (κ2) is 8.15. The van der Waals surface area contributed by atoms with Crippen LogP contribution in [0, 0.1) is 11.8 Å². The van der Waals surface area contributed by atoms with Gasteiger partial charge in [0.25, 0.3) is 0 Å². The second-order valence-electron chi connectivity index (χ2n) is 6.12. The molecule has 0 radical (unpaired) electrons. The summed E-state index contributed by atoms with van der Waals surface area (Å²) < 4.78 is 26.4. The molecule has 4 heteroatoms. The van der Waals surface area contributed by atoms with Gasteiger partial charge in [-0.1, -0.05) is 39.5 Å². The lowest BCUT2D eigenvalue weighted by Crippen LogP contribution is -2.44. The number of nitrogens with one attached hydrogen (secondary N) is 1. The number of hydrogen-bond acceptors (Lipinski definition) is 2. The van der Waals surface area contributed by atoms with Gasteiger partial charge in [-0.2, -0.15) is 0 Å². The zero-order valence-corrected chi connectivity index (χ0v) is 12.4. The fourth-order valence-electron chi connectivity index (χ4n) is 3.20. The van der Waals surface area contributed by atoms with E-state index in [0.717, 1.165) is 12.8 Å². The third kappa shape index (κ3) is 5.74. The summed E-state index contributed by atoms with van der Waals surface area (Å²) in [5, 5.41) is 0. The number of unbranched alkanes of at least 4 members (excludes halogenated alkanes) is 1. The molecule has 1 saturated carbocycles. The van der Waals surface area contributed by atoms with Crippen LogP contribution in [0.2, 0.25) is 0 Å². The van der Waals surface area contributed by atoms with E-state index in [2.05, 4.69) is 19.3 Å². The molecule has 0 aromatic heterocycles. The van der Waals surface area contributed by atoms with Crippen molar-refractivity contribution in [3.8, 4) is 0 Å². The van der Waals surface area contributed by atoms with Crippen molar-refractivity contribution >= 4 is 0 Å². The van der Waals surface area contributed by atoms with Crippen LogP contribution in [0.5, 0.6) is 0 Å². The van der Waals surface area contributed by atoms with Crippen molar-refractivity contribution in [3.05, 3.63) is 0 Å². The summed E-state index contributed by atoms with van der Waals surface area (Å²) >= 11 is 0. The Morgan fingerprint density at radius 2 is 1.89 bits per heavy atom. The molecule has 0 spiro atoms. The highest BCUT2D eigenvalue weighted by Gasteiger charge is 2.37. The quantitative estimate of drug-likeness (QED) is 0.514. The predicted octanol–water partition coefficient (Wildman–Crippen LogP) is 4.25. The number of halogens is 2. The molecule has 0 saturated heterocycles. The molecule has 1 aliphatic carbocycles. The molecular formula is C15H30F2N2. The third-order valence-electron chi connectivity index (χ3n) is 4.68. The average molecular weight is 276 g/mol. The summed E-state index contributed by atoms with van der Waals surface area (Å²) in [7, 11) is 0. The van der Waals surface area contributed by atoms with E-state index in [-0.39, 0.29) is 18.9 Å². The maximum absolute atomic E-state index is 13.2. The van der Waals surface area contributed by atoms with Crippen LogP contribution in [0.1, 0.15) is 71.6 Å². The van der Waals surface area contributed by atoms with Crippen molar-refractivity contribution in [3.63, 3.8) is 0 Å². The zero-order chi connectivity index (χ0) is 14.3. The molecule has 0 heterocycles. The highest BCUT2D eigenvalue weighted by molar-refractivity contribution is 4.85. The number of alkyl halides is 2. The van der Waals surface area contributed by atoms with Gasteiger partial charge in [0.15, 0.2) is 0 Å². The Morgan fingerprint density at radius 1 is 1.26 bits per heavy atom. The van der Waals surface area contributed by atoms with E-state index in [1.54, 1.807) is 0 Å². The van der Waals surface area contributed by atoms with Crippen LogP contribution in [0.4, 0.5) is 8.78 Å². The van der Waals surface area contributed by atoms with Crippen LogP contribution in [-0.2, 0) is 0 Å². The molecular weight excluding hydrogens is 246 g/mol. The maximum Gasteiger partial charge on any atom is 0.248 e. The Morgan fingerprint density at radius 3 is 2.37 bits per heavy atom. The van der Waals surface area contributed by atoms with Crippen LogP contribution in [-0.4, -0.2) is 12.0 Å². The first-order valence-corrected chi connectivity index (χ1v) is 7.86. The van der Waals surface area contributed by atoms with Crippen molar-refractivity contribution in [2.24, 2.45) is 17.7 Å². The minimum atomic E-state index is -2.44. The lowest BCUT2D eigenvalue weighted by molar-refractivity contribution is -0.0505. The summed E-state index contributed by atoms with van der Waals surface area (Å²) in [6.07, 6.45) is 7.14. The lowest BCUT2D eigenvalue weighted by Gasteiger charge is -2.35. The van der Waals surface area contributed by atoms with Crippen molar-refractivity contribution in [1.82, 2.24) is 5.43 Å². The Labute approximate surface area is 116 Å². The highest BCUT2D eigenvalue weighted by Crippen LogP contribution is 2.38. The Bertz CT molecular complexity index is 236. The monoisotopic (exact) mass is 276 g/mol. The Hall–Kier alpha value is -0.220. The summed E-state index contributed by atoms with van der Waals surface area (Å²) in [6, 6.07) is 0.206. The number of hydrazine groups is 1. The van der Waals surface area contributed by atoms with Crippen molar-refractivity contribution in [2.45, 2.75) is 83.6 Å². The van der Waals surface area contributed by atoms with Crippen LogP contribution in [0.3, 0.4) is 0 Å². The topological polar surface area (TPSA) is 38.0 Å². The molecule has 1 aliphatic rings. The fraction of sp³-hybridized carbons (Fsp3) is 1.00. The fourth-order valence-corrected chi connectivity index (χ4v) is 3.20. The van der Waals surface area contributed by atoms with Crippen LogP contribution >= 0.6 is 0 Å². The molecule has 2 atom stereocenters. The molecule has 0 aromatic rings. The first kappa shape index (κ1) is 16.8. The lowest BCUT2D eigenvalue weighted by atomic mass is 9.78. The van der Waals surface area contributed by atoms with Crippen molar-refractivity contribution in [2.75, 3.05) is 0 Å². The van der Waals surface area contributed by atoms with Gasteiger partial charge in [0.05, 0.1) is 0 Å². The minimum Gasteiger partial charge on any atom is -0.271 e. The van der Waals surface area contributed by atoms with Crippen LogP contribution < -0.4 is 11.3 Å². The van der Waals surface area contributed by atoms with E-state index >= 15 is 0 Å². The molecule has 19 heavy (non-hydrogen) atoms. The molecule has 0 aliphatic heterocycles. The van der Waals surface area contributed by atoms with Gasteiger partial charge in [0, 0.05) is 18.9 Å². The highest BCUT2D eigenvalue weighted by atomic mass is 19.3. The predicted molar refractivity (Wildman–Crippen MR) is 75.9 cm³/mol. The Kier molecular flexibility index (Phi) is 7.22. The Balaban J connectivity index is 2.44. The van der Waals surface area contributed by atoms with E-state index in [0.29, 0.717) is 24.7 Å². The normalized spacial score (nSPS) is 23.2. The van der Waals surface area contributed by atoms with Crippen molar-refractivity contribution < 1.29 is 8.78 Å². The molecule has 0 bridgehead atoms. The van der Waals surface area contributed by atoms with Gasteiger partial charge in [-0.3, -0.25) is 11.3 Å². The largest absolute Gasteiger partial charge is 0.271 e. The van der Waals surface area contributed by atoms with E-state index in [4.69, 9.17) is 5.84 Å². The molecule has 1 rings (SSSR count). The third-order valence-corrected chi connectivity index (χ3v) is 4.68. The van der Waals surface area contributed by atoms with E-state index in [9.17, 15) is 8.78 Å². The first-order chi connectivity index (χ1) is 9.02. The molecule has 1 fully saturated rings. The van der Waals surface area contributed by atoms with E-state index < -0.39 is 5.92 Å². The smallest absolute Gasteiger partial charge is 0.248 e. The van der Waals surface area contributed by atoms with Gasteiger partial charge in [-0.05, 0) is 31.1 Å². The second-order valence-corrected chi connectivity index (χ2v) is 6.12. The van der Waals surface area contributed by atoms with Gasteiger partial charge >= 0.3 is 0 Å². The van der Waals surface area contributed by atoms with Crippen LogP contribution in [0.25, 0.3) is 0 Å². The summed E-state index contributed by atoms with van der Waals surface area (Å²) in [5.41, 5.74) is 2.90. The minimum absolute atomic E-state index is 0.0294. The molecule has 3 N–H and O–H groups in total. The molecule has 2 nitrogen and oxygen atoms in total. The maximum atomic E-state index is 13.2. The SMILES string of the molecule is CCCCC(CC)CC(NN)C1CCC(F)(F)CC1.